The van der Waals surface area contributed by atoms with Crippen LogP contribution in [0.1, 0.15) is 39.2 Å². The van der Waals surface area contributed by atoms with Gasteiger partial charge in [-0.1, -0.05) is 32.9 Å². The summed E-state index contributed by atoms with van der Waals surface area (Å²) in [6.07, 6.45) is 5.64. The summed E-state index contributed by atoms with van der Waals surface area (Å²) in [7, 11) is 1.81. The molecule has 1 aromatic heterocycles. The van der Waals surface area contributed by atoms with Gasteiger partial charge in [-0.15, -0.1) is 0 Å². The lowest BCUT2D eigenvalue weighted by atomic mass is 9.87. The number of aromatic nitrogens is 1. The average Bonchev–Trinajstić information content (AvgIpc) is 2.76. The molecule has 0 atom stereocenters. The van der Waals surface area contributed by atoms with Crippen molar-refractivity contribution < 1.29 is 4.74 Å². The molecule has 1 fully saturated rings. The lowest BCUT2D eigenvalue weighted by Gasteiger charge is -2.35. The van der Waals surface area contributed by atoms with Gasteiger partial charge in [0.25, 0.3) is 0 Å². The molecular weight excluding hydrogens is 374 g/mol. The van der Waals surface area contributed by atoms with E-state index in [-0.39, 0.29) is 5.41 Å². The number of piperidine rings is 1. The van der Waals surface area contributed by atoms with Crippen LogP contribution in [0.3, 0.4) is 0 Å². The third kappa shape index (κ3) is 6.37. The van der Waals surface area contributed by atoms with Gasteiger partial charge in [0, 0.05) is 38.1 Å². The highest BCUT2D eigenvalue weighted by Gasteiger charge is 2.21. The monoisotopic (exact) mass is 409 g/mol. The average molecular weight is 410 g/mol. The van der Waals surface area contributed by atoms with Crippen LogP contribution in [-0.2, 0) is 5.41 Å². The van der Waals surface area contributed by atoms with E-state index in [0.717, 1.165) is 37.6 Å². The molecule has 2 heterocycles. The molecule has 3 rings (SSSR count). The number of rotatable bonds is 6. The predicted molar refractivity (Wildman–Crippen MR) is 125 cm³/mol. The van der Waals surface area contributed by atoms with E-state index in [0.29, 0.717) is 19.2 Å². The number of hydrogen-bond acceptors (Lipinski definition) is 4. The summed E-state index contributed by atoms with van der Waals surface area (Å²) in [5, 5.41) is 6.88. The Morgan fingerprint density at radius 1 is 1.17 bits per heavy atom. The minimum Gasteiger partial charge on any atom is -0.490 e. The second-order valence-corrected chi connectivity index (χ2v) is 8.74. The molecule has 6 heteroatoms. The molecule has 0 unspecified atom stereocenters. The molecule has 0 spiro atoms. The highest BCUT2D eigenvalue weighted by atomic mass is 16.5. The number of aliphatic imine (C=N–C) groups is 1. The molecule has 1 aliphatic heterocycles. The molecule has 0 amide bonds. The Morgan fingerprint density at radius 3 is 2.50 bits per heavy atom. The quantitative estimate of drug-likeness (QED) is 0.434. The van der Waals surface area contributed by atoms with Crippen molar-refractivity contribution in [2.75, 3.05) is 38.2 Å². The minimum atomic E-state index is 0.196. The first kappa shape index (κ1) is 21.9. The second-order valence-electron chi connectivity index (χ2n) is 8.74. The number of ether oxygens (including phenoxy) is 1. The van der Waals surface area contributed by atoms with Gasteiger partial charge in [0.2, 0.25) is 0 Å². The van der Waals surface area contributed by atoms with Crippen LogP contribution in [0.2, 0.25) is 0 Å². The van der Waals surface area contributed by atoms with E-state index in [1.165, 1.54) is 11.3 Å². The first-order valence-electron chi connectivity index (χ1n) is 10.8. The Balaban J connectivity index is 1.39. The van der Waals surface area contributed by atoms with E-state index >= 15 is 0 Å². The van der Waals surface area contributed by atoms with Crippen LogP contribution < -0.4 is 20.3 Å². The van der Waals surface area contributed by atoms with Crippen molar-refractivity contribution in [2.24, 2.45) is 4.99 Å². The Morgan fingerprint density at radius 2 is 1.90 bits per heavy atom. The van der Waals surface area contributed by atoms with Crippen LogP contribution in [0, 0.1) is 0 Å². The highest BCUT2D eigenvalue weighted by Crippen LogP contribution is 2.26. The van der Waals surface area contributed by atoms with Gasteiger partial charge in [0.15, 0.2) is 5.96 Å². The largest absolute Gasteiger partial charge is 0.490 e. The highest BCUT2D eigenvalue weighted by molar-refractivity contribution is 5.80. The summed E-state index contributed by atoms with van der Waals surface area (Å²) >= 11 is 0. The first-order chi connectivity index (χ1) is 14.5. The number of benzene rings is 1. The number of hydrogen-bond donors (Lipinski definition) is 2. The minimum absolute atomic E-state index is 0.196. The maximum Gasteiger partial charge on any atom is 0.191 e. The van der Waals surface area contributed by atoms with E-state index < -0.39 is 0 Å². The Labute approximate surface area is 180 Å². The van der Waals surface area contributed by atoms with Gasteiger partial charge in [0.1, 0.15) is 12.4 Å². The van der Waals surface area contributed by atoms with Gasteiger partial charge in [-0.05, 0) is 48.1 Å². The molecule has 30 heavy (non-hydrogen) atoms. The summed E-state index contributed by atoms with van der Waals surface area (Å²) in [5.41, 5.74) is 2.89. The van der Waals surface area contributed by atoms with Gasteiger partial charge in [-0.3, -0.25) is 9.98 Å². The second kappa shape index (κ2) is 10.3. The molecule has 1 aliphatic rings. The van der Waals surface area contributed by atoms with Gasteiger partial charge < -0.3 is 20.3 Å². The van der Waals surface area contributed by atoms with Gasteiger partial charge in [-0.25, -0.2) is 0 Å². The van der Waals surface area contributed by atoms with Crippen molar-refractivity contribution in [3.05, 3.63) is 54.4 Å². The molecule has 0 aliphatic carbocycles. The van der Waals surface area contributed by atoms with Crippen LogP contribution in [-0.4, -0.2) is 50.3 Å². The fourth-order valence-corrected chi connectivity index (χ4v) is 3.61. The van der Waals surface area contributed by atoms with Crippen molar-refractivity contribution in [1.29, 1.82) is 0 Å². The number of anilines is 1. The van der Waals surface area contributed by atoms with Gasteiger partial charge >= 0.3 is 0 Å². The summed E-state index contributed by atoms with van der Waals surface area (Å²) in [4.78, 5) is 10.9. The zero-order valence-corrected chi connectivity index (χ0v) is 18.7. The fraction of sp³-hybridized carbons (Fsp3) is 0.500. The van der Waals surface area contributed by atoms with Crippen molar-refractivity contribution >= 4 is 11.6 Å². The molecular formula is C24H35N5O. The Bertz CT molecular complexity index is 791. The molecule has 6 nitrogen and oxygen atoms in total. The normalized spacial score (nSPS) is 15.7. The van der Waals surface area contributed by atoms with E-state index in [1.807, 2.05) is 19.2 Å². The summed E-state index contributed by atoms with van der Waals surface area (Å²) in [6, 6.07) is 13.3. The molecule has 2 aromatic rings. The van der Waals surface area contributed by atoms with Crippen LogP contribution >= 0.6 is 0 Å². The predicted octanol–water partition coefficient (Wildman–Crippen LogP) is 3.59. The molecule has 0 saturated carbocycles. The van der Waals surface area contributed by atoms with Crippen LogP contribution in [0.5, 0.6) is 5.75 Å². The van der Waals surface area contributed by atoms with E-state index in [9.17, 15) is 0 Å². The molecule has 1 saturated heterocycles. The van der Waals surface area contributed by atoms with Crippen LogP contribution in [0.4, 0.5) is 5.69 Å². The maximum atomic E-state index is 5.67. The first-order valence-corrected chi connectivity index (χ1v) is 10.8. The molecule has 0 bridgehead atoms. The Kier molecular flexibility index (Phi) is 7.55. The zero-order chi connectivity index (χ0) is 21.4. The summed E-state index contributed by atoms with van der Waals surface area (Å²) < 4.78 is 5.67. The third-order valence-corrected chi connectivity index (χ3v) is 5.46. The molecule has 1 aromatic carbocycles. The molecule has 162 valence electrons. The van der Waals surface area contributed by atoms with E-state index in [2.05, 4.69) is 70.5 Å². The number of nitrogens with one attached hydrogen (secondary N) is 2. The number of pyridine rings is 1. The third-order valence-electron chi connectivity index (χ3n) is 5.46. The lowest BCUT2D eigenvalue weighted by molar-refractivity contribution is 0.320. The molecule has 0 radical (unpaired) electrons. The van der Waals surface area contributed by atoms with E-state index in [4.69, 9.17) is 4.74 Å². The van der Waals surface area contributed by atoms with E-state index in [1.54, 1.807) is 12.4 Å². The van der Waals surface area contributed by atoms with Crippen molar-refractivity contribution in [2.45, 2.75) is 45.1 Å². The Hall–Kier alpha value is -2.76. The smallest absolute Gasteiger partial charge is 0.191 e. The number of guanidine groups is 1. The lowest BCUT2D eigenvalue weighted by Crippen LogP contribution is -2.49. The van der Waals surface area contributed by atoms with Crippen molar-refractivity contribution in [1.82, 2.24) is 15.6 Å². The standard InChI is InChI=1S/C24H35N5O/c1-24(2,3)19-7-9-21(10-8-19)29-15-11-20(12-16-29)28-23(25-4)27-14-17-30-22-6-5-13-26-18-22/h5-10,13,18,20H,11-12,14-17H2,1-4H3,(H2,25,27,28). The summed E-state index contributed by atoms with van der Waals surface area (Å²) in [5.74, 6) is 1.61. The number of nitrogens with zero attached hydrogens (tertiary/aromatic N) is 3. The topological polar surface area (TPSA) is 61.8 Å². The maximum absolute atomic E-state index is 5.67. The van der Waals surface area contributed by atoms with Gasteiger partial charge in [0.05, 0.1) is 12.7 Å². The zero-order valence-electron chi connectivity index (χ0n) is 18.7. The molecule has 2 N–H and O–H groups in total. The van der Waals surface area contributed by atoms with Crippen LogP contribution in [0.15, 0.2) is 53.8 Å². The fourth-order valence-electron chi connectivity index (χ4n) is 3.61. The van der Waals surface area contributed by atoms with Crippen LogP contribution in [0.25, 0.3) is 0 Å². The van der Waals surface area contributed by atoms with Gasteiger partial charge in [-0.2, -0.15) is 0 Å². The van der Waals surface area contributed by atoms with Crippen molar-refractivity contribution in [3.63, 3.8) is 0 Å². The van der Waals surface area contributed by atoms with Crippen molar-refractivity contribution in [3.8, 4) is 5.75 Å². The SMILES string of the molecule is CN=C(NCCOc1cccnc1)NC1CCN(c2ccc(C(C)(C)C)cc2)CC1. The summed E-state index contributed by atoms with van der Waals surface area (Å²) in [6.45, 7) is 10.1.